The molecule has 1 fully saturated rings. The molecule has 2 N–H and O–H groups in total. The number of hydrogen-bond donors (Lipinski definition) is 2. The van der Waals surface area contributed by atoms with E-state index in [0.29, 0.717) is 43.1 Å². The summed E-state index contributed by atoms with van der Waals surface area (Å²) in [6.07, 6.45) is 1.00. The van der Waals surface area contributed by atoms with Crippen molar-refractivity contribution in [3.63, 3.8) is 0 Å². The van der Waals surface area contributed by atoms with Crippen LogP contribution in [0.3, 0.4) is 0 Å². The molecule has 0 saturated carbocycles. The first-order valence-corrected chi connectivity index (χ1v) is 10.7. The average molecular weight is 434 g/mol. The summed E-state index contributed by atoms with van der Waals surface area (Å²) in [4.78, 5) is 32.0. The second-order valence-corrected chi connectivity index (χ2v) is 7.98. The number of aromatic amines is 1. The van der Waals surface area contributed by atoms with Crippen LogP contribution in [0.2, 0.25) is 0 Å². The molecule has 3 aromatic rings. The Hall–Kier alpha value is -3.68. The standard InChI is InChI=1S/C24H27N5O3/c1-16-25-23(28-27-16)20-14-29(15-21(20)26-24(31)18-8-4-3-5-9-18)22(30)12-11-17-7-6-10-19(13-17)32-2/h3-10,13,20-21H,11-12,14-15H2,1-2H3,(H,26,31)(H,25,27,28). The lowest BCUT2D eigenvalue weighted by atomic mass is 10.0. The number of likely N-dealkylation sites (tertiary alicyclic amines) is 1. The lowest BCUT2D eigenvalue weighted by Crippen LogP contribution is -2.40. The van der Waals surface area contributed by atoms with E-state index in [0.717, 1.165) is 11.3 Å². The minimum Gasteiger partial charge on any atom is -0.497 e. The summed E-state index contributed by atoms with van der Waals surface area (Å²) in [5, 5.41) is 10.2. The highest BCUT2D eigenvalue weighted by Crippen LogP contribution is 2.27. The number of aryl methyl sites for hydroxylation is 2. The monoisotopic (exact) mass is 433 g/mol. The van der Waals surface area contributed by atoms with Crippen LogP contribution in [0.1, 0.15) is 39.9 Å². The Balaban J connectivity index is 1.45. The number of aromatic nitrogens is 3. The van der Waals surface area contributed by atoms with Gasteiger partial charge >= 0.3 is 0 Å². The third kappa shape index (κ3) is 4.96. The molecule has 0 radical (unpaired) electrons. The second kappa shape index (κ2) is 9.64. The van der Waals surface area contributed by atoms with Crippen molar-refractivity contribution >= 4 is 11.8 Å². The Morgan fingerprint density at radius 2 is 1.97 bits per heavy atom. The van der Waals surface area contributed by atoms with E-state index in [-0.39, 0.29) is 23.8 Å². The van der Waals surface area contributed by atoms with Crippen molar-refractivity contribution in [1.82, 2.24) is 25.4 Å². The molecule has 2 unspecified atom stereocenters. The predicted molar refractivity (Wildman–Crippen MR) is 119 cm³/mol. The van der Waals surface area contributed by atoms with Crippen molar-refractivity contribution in [3.05, 3.63) is 77.4 Å². The van der Waals surface area contributed by atoms with Crippen molar-refractivity contribution in [2.45, 2.75) is 31.7 Å². The average Bonchev–Trinajstić information content (AvgIpc) is 3.44. The first-order valence-electron chi connectivity index (χ1n) is 10.7. The normalized spacial score (nSPS) is 17.9. The molecule has 0 bridgehead atoms. The van der Waals surface area contributed by atoms with Crippen LogP contribution in [-0.2, 0) is 11.2 Å². The van der Waals surface area contributed by atoms with Gasteiger partial charge in [0.05, 0.1) is 19.1 Å². The minimum atomic E-state index is -0.265. The summed E-state index contributed by atoms with van der Waals surface area (Å²) in [6, 6.07) is 16.5. The summed E-state index contributed by atoms with van der Waals surface area (Å²) in [5.41, 5.74) is 1.63. The van der Waals surface area contributed by atoms with Crippen molar-refractivity contribution in [2.75, 3.05) is 20.2 Å². The van der Waals surface area contributed by atoms with E-state index in [1.54, 1.807) is 24.1 Å². The molecule has 2 amide bonds. The van der Waals surface area contributed by atoms with Gasteiger partial charge in [0.15, 0.2) is 5.82 Å². The zero-order chi connectivity index (χ0) is 22.5. The molecule has 1 aliphatic rings. The molecular formula is C24H27N5O3. The van der Waals surface area contributed by atoms with Crippen LogP contribution in [0.25, 0.3) is 0 Å². The number of hydrogen-bond acceptors (Lipinski definition) is 5. The molecule has 32 heavy (non-hydrogen) atoms. The molecule has 1 aromatic heterocycles. The molecule has 2 heterocycles. The number of rotatable bonds is 7. The Morgan fingerprint density at radius 3 is 2.69 bits per heavy atom. The summed E-state index contributed by atoms with van der Waals surface area (Å²) in [5.74, 6) is 1.80. The van der Waals surface area contributed by atoms with Crippen molar-refractivity contribution in [1.29, 1.82) is 0 Å². The number of amides is 2. The topological polar surface area (TPSA) is 100 Å². The van der Waals surface area contributed by atoms with Crippen molar-refractivity contribution in [2.24, 2.45) is 0 Å². The van der Waals surface area contributed by atoms with Crippen LogP contribution < -0.4 is 10.1 Å². The van der Waals surface area contributed by atoms with Gasteiger partial charge in [0.1, 0.15) is 11.6 Å². The van der Waals surface area contributed by atoms with Gasteiger partial charge in [-0.25, -0.2) is 4.98 Å². The van der Waals surface area contributed by atoms with Crippen molar-refractivity contribution < 1.29 is 14.3 Å². The fourth-order valence-corrected chi connectivity index (χ4v) is 4.02. The summed E-state index contributed by atoms with van der Waals surface area (Å²) < 4.78 is 5.26. The Morgan fingerprint density at radius 1 is 1.16 bits per heavy atom. The number of H-pyrrole nitrogens is 1. The van der Waals surface area contributed by atoms with Crippen LogP contribution in [-0.4, -0.2) is 58.1 Å². The maximum Gasteiger partial charge on any atom is 0.251 e. The van der Waals surface area contributed by atoms with Crippen LogP contribution in [0.5, 0.6) is 5.75 Å². The maximum absolute atomic E-state index is 13.0. The van der Waals surface area contributed by atoms with E-state index in [9.17, 15) is 9.59 Å². The molecule has 0 spiro atoms. The molecule has 0 aliphatic carbocycles. The summed E-state index contributed by atoms with van der Waals surface area (Å²) >= 11 is 0. The smallest absolute Gasteiger partial charge is 0.251 e. The van der Waals surface area contributed by atoms with Gasteiger partial charge in [0.2, 0.25) is 5.91 Å². The highest BCUT2D eigenvalue weighted by atomic mass is 16.5. The van der Waals surface area contributed by atoms with Gasteiger partial charge < -0.3 is 15.0 Å². The van der Waals surface area contributed by atoms with E-state index in [1.165, 1.54) is 0 Å². The predicted octanol–water partition coefficient (Wildman–Crippen LogP) is 2.48. The fourth-order valence-electron chi connectivity index (χ4n) is 4.02. The Labute approximate surface area is 187 Å². The zero-order valence-corrected chi connectivity index (χ0v) is 18.2. The Bertz CT molecular complexity index is 1080. The SMILES string of the molecule is COc1cccc(CCC(=O)N2CC(NC(=O)c3ccccc3)C(c3n[nH]c(C)n3)C2)c1. The van der Waals surface area contributed by atoms with Crippen LogP contribution in [0.15, 0.2) is 54.6 Å². The highest BCUT2D eigenvalue weighted by molar-refractivity contribution is 5.94. The number of nitrogens with one attached hydrogen (secondary N) is 2. The summed E-state index contributed by atoms with van der Waals surface area (Å²) in [6.45, 7) is 2.72. The third-order valence-corrected chi connectivity index (χ3v) is 5.73. The largest absolute Gasteiger partial charge is 0.497 e. The number of ether oxygens (including phenoxy) is 1. The first-order chi connectivity index (χ1) is 15.5. The molecule has 2 atom stereocenters. The fraction of sp³-hybridized carbons (Fsp3) is 0.333. The van der Waals surface area contributed by atoms with Gasteiger partial charge in [-0.3, -0.25) is 14.7 Å². The molecular weight excluding hydrogens is 406 g/mol. The molecule has 1 aliphatic heterocycles. The number of methoxy groups -OCH3 is 1. The molecule has 8 heteroatoms. The molecule has 166 valence electrons. The Kier molecular flexibility index (Phi) is 6.49. The minimum absolute atomic E-state index is 0.0431. The van der Waals surface area contributed by atoms with Gasteiger partial charge in [0, 0.05) is 25.1 Å². The first kappa shape index (κ1) is 21.5. The second-order valence-electron chi connectivity index (χ2n) is 7.98. The van der Waals surface area contributed by atoms with Gasteiger partial charge in [-0.05, 0) is 43.2 Å². The van der Waals surface area contributed by atoms with Gasteiger partial charge in [-0.1, -0.05) is 30.3 Å². The lowest BCUT2D eigenvalue weighted by Gasteiger charge is -2.18. The van der Waals surface area contributed by atoms with Crippen LogP contribution in [0.4, 0.5) is 0 Å². The lowest BCUT2D eigenvalue weighted by molar-refractivity contribution is -0.130. The molecule has 8 nitrogen and oxygen atoms in total. The zero-order valence-electron chi connectivity index (χ0n) is 18.2. The van der Waals surface area contributed by atoms with Gasteiger partial charge in [-0.2, -0.15) is 5.10 Å². The molecule has 4 rings (SSSR count). The van der Waals surface area contributed by atoms with Crippen LogP contribution >= 0.6 is 0 Å². The summed E-state index contributed by atoms with van der Waals surface area (Å²) in [7, 11) is 1.63. The third-order valence-electron chi connectivity index (χ3n) is 5.73. The number of nitrogens with zero attached hydrogens (tertiary/aromatic N) is 3. The van der Waals surface area contributed by atoms with Crippen LogP contribution in [0, 0.1) is 6.92 Å². The van der Waals surface area contributed by atoms with E-state index >= 15 is 0 Å². The van der Waals surface area contributed by atoms with E-state index < -0.39 is 0 Å². The quantitative estimate of drug-likeness (QED) is 0.596. The number of benzene rings is 2. The van der Waals surface area contributed by atoms with E-state index in [2.05, 4.69) is 20.5 Å². The highest BCUT2D eigenvalue weighted by Gasteiger charge is 2.39. The molecule has 1 saturated heterocycles. The van der Waals surface area contributed by atoms with E-state index in [1.807, 2.05) is 49.4 Å². The van der Waals surface area contributed by atoms with E-state index in [4.69, 9.17) is 4.74 Å². The number of carbonyl (C=O) groups excluding carboxylic acids is 2. The van der Waals surface area contributed by atoms with Gasteiger partial charge in [-0.15, -0.1) is 0 Å². The molecule has 2 aromatic carbocycles. The van der Waals surface area contributed by atoms with Gasteiger partial charge in [0.25, 0.3) is 5.91 Å². The number of carbonyl (C=O) groups is 2. The van der Waals surface area contributed by atoms with Crippen molar-refractivity contribution in [3.8, 4) is 5.75 Å². The maximum atomic E-state index is 13.0.